The molecule has 442 valence electrons. The average molecular weight is 1200 g/mol. The molecule has 4 atom stereocenters. The first-order valence-electron chi connectivity index (χ1n) is 33.3. The van der Waals surface area contributed by atoms with E-state index in [4.69, 9.17) is 4.42 Å². The third kappa shape index (κ3) is 7.24. The fourth-order valence-corrected chi connectivity index (χ4v) is 20.2. The average Bonchev–Trinajstić information content (AvgIpc) is 1.52. The van der Waals surface area contributed by atoms with Crippen LogP contribution in [0.4, 0.5) is 56.9 Å². The molecule has 6 heterocycles. The highest BCUT2D eigenvalue weighted by Crippen LogP contribution is 2.65. The van der Waals surface area contributed by atoms with Crippen LogP contribution in [0.5, 0.6) is 0 Å². The third-order valence-corrected chi connectivity index (χ3v) is 24.8. The molecule has 13 aromatic rings. The topological polar surface area (TPSA) is 26.1 Å². The Bertz CT molecular complexity index is 5240. The Hall–Kier alpha value is -9.30. The molecule has 0 radical (unpaired) electrons. The minimum atomic E-state index is -0.210. The predicted molar refractivity (Wildman–Crippen MR) is 387 cm³/mol. The van der Waals surface area contributed by atoms with Crippen molar-refractivity contribution in [2.45, 2.75) is 115 Å². The second kappa shape index (κ2) is 19.1. The van der Waals surface area contributed by atoms with Crippen molar-refractivity contribution in [3.8, 4) is 22.3 Å². The first-order chi connectivity index (χ1) is 44.4. The van der Waals surface area contributed by atoms with Gasteiger partial charge in [0.1, 0.15) is 5.58 Å². The van der Waals surface area contributed by atoms with Crippen LogP contribution in [0.15, 0.2) is 229 Å². The van der Waals surface area contributed by atoms with Crippen molar-refractivity contribution in [1.29, 1.82) is 0 Å². The van der Waals surface area contributed by atoms with Crippen molar-refractivity contribution in [1.82, 2.24) is 0 Å². The molecule has 4 aliphatic heterocycles. The SMILES string of the molecule is Cc1cc(C)c2c(c1)N(c1cc3c4c(c1)N(c1cccc5c1oc1ccccc15)c1cc(N5c6ccc(-c7ccccc7)cc6C6(C)CCCCC56C)ccc1B4c1cc(-c4ccccc4)ccc1N3c1ccc3sc4ccccc4c3c1)C1(C)CCCCC21C. The predicted octanol–water partition coefficient (Wildman–Crippen LogP) is 21.5. The summed E-state index contributed by atoms with van der Waals surface area (Å²) in [6.45, 7) is 14.9. The third-order valence-electron chi connectivity index (χ3n) is 23.6. The van der Waals surface area contributed by atoms with Crippen LogP contribution in [-0.2, 0) is 10.8 Å². The molecule has 2 saturated carbocycles. The second-order valence-corrected chi connectivity index (χ2v) is 29.4. The maximum atomic E-state index is 7.30. The fraction of sp³-hybridized carbons (Fsp3) is 0.214. The number of fused-ring (bicyclic) bond motifs is 16. The van der Waals surface area contributed by atoms with E-state index < -0.39 is 0 Å². The zero-order valence-corrected chi connectivity index (χ0v) is 53.5. The molecule has 2 fully saturated rings. The van der Waals surface area contributed by atoms with Gasteiger partial charge in [0.25, 0.3) is 6.71 Å². The molecule has 0 saturated heterocycles. The molecule has 7 heteroatoms. The molecular weight excluding hydrogens is 1120 g/mol. The van der Waals surface area contributed by atoms with Crippen molar-refractivity contribution in [2.24, 2.45) is 0 Å². The van der Waals surface area contributed by atoms with Crippen LogP contribution >= 0.6 is 11.3 Å². The van der Waals surface area contributed by atoms with E-state index in [2.05, 4.69) is 286 Å². The summed E-state index contributed by atoms with van der Waals surface area (Å²) in [7, 11) is 0. The van der Waals surface area contributed by atoms with Gasteiger partial charge >= 0.3 is 0 Å². The summed E-state index contributed by atoms with van der Waals surface area (Å²) >= 11 is 1.89. The highest BCUT2D eigenvalue weighted by Gasteiger charge is 2.60. The first kappa shape index (κ1) is 53.5. The van der Waals surface area contributed by atoms with Crippen LogP contribution < -0.4 is 36.0 Å². The number of para-hydroxylation sites is 2. The van der Waals surface area contributed by atoms with Crippen LogP contribution in [0, 0.1) is 13.8 Å². The van der Waals surface area contributed by atoms with Gasteiger partial charge in [0.2, 0.25) is 0 Å². The van der Waals surface area contributed by atoms with Crippen molar-refractivity contribution in [2.75, 3.05) is 19.6 Å². The van der Waals surface area contributed by atoms with Gasteiger partial charge in [-0.1, -0.05) is 179 Å². The lowest BCUT2D eigenvalue weighted by Gasteiger charge is -2.51. The molecule has 6 aliphatic rings. The number of hydrogen-bond acceptors (Lipinski definition) is 6. The van der Waals surface area contributed by atoms with Gasteiger partial charge in [-0.05, 0) is 199 Å². The van der Waals surface area contributed by atoms with Crippen LogP contribution in [0.25, 0.3) is 64.4 Å². The lowest BCUT2D eigenvalue weighted by Crippen LogP contribution is -2.61. The Balaban J connectivity index is 0.937. The fourth-order valence-electron chi connectivity index (χ4n) is 19.1. The van der Waals surface area contributed by atoms with E-state index in [1.807, 2.05) is 11.3 Å². The van der Waals surface area contributed by atoms with Gasteiger partial charge in [-0.2, -0.15) is 0 Å². The summed E-state index contributed by atoms with van der Waals surface area (Å²) < 4.78 is 9.91. The zero-order chi connectivity index (χ0) is 60.9. The van der Waals surface area contributed by atoms with E-state index in [9.17, 15) is 0 Å². The number of hydrogen-bond donors (Lipinski definition) is 0. The van der Waals surface area contributed by atoms with Crippen molar-refractivity contribution >= 4 is 133 Å². The minimum Gasteiger partial charge on any atom is -0.454 e. The van der Waals surface area contributed by atoms with E-state index in [1.54, 1.807) is 0 Å². The van der Waals surface area contributed by atoms with Crippen molar-refractivity contribution in [3.05, 3.63) is 247 Å². The van der Waals surface area contributed by atoms with Crippen LogP contribution in [0.3, 0.4) is 0 Å². The first-order valence-corrected chi connectivity index (χ1v) is 34.1. The number of rotatable bonds is 6. The summed E-state index contributed by atoms with van der Waals surface area (Å²) in [5.74, 6) is 0. The zero-order valence-electron chi connectivity index (χ0n) is 52.7. The molecule has 2 aliphatic carbocycles. The highest BCUT2D eigenvalue weighted by molar-refractivity contribution is 7.25. The number of benzene rings is 11. The maximum absolute atomic E-state index is 7.30. The number of thiophene rings is 1. The normalized spacial score (nSPS) is 21.9. The molecule has 0 N–H and O–H groups in total. The molecule has 11 aromatic carbocycles. The lowest BCUT2D eigenvalue weighted by atomic mass is 9.33. The Morgan fingerprint density at radius 3 is 1.79 bits per heavy atom. The monoisotopic (exact) mass is 1190 g/mol. The molecule has 0 amide bonds. The van der Waals surface area contributed by atoms with Gasteiger partial charge in [-0.3, -0.25) is 0 Å². The molecule has 5 nitrogen and oxygen atoms in total. The van der Waals surface area contributed by atoms with Crippen LogP contribution in [0.2, 0.25) is 0 Å². The number of nitrogens with zero attached hydrogens (tertiary/aromatic N) is 4. The van der Waals surface area contributed by atoms with Crippen molar-refractivity contribution < 1.29 is 4.42 Å². The Kier molecular flexibility index (Phi) is 11.3. The van der Waals surface area contributed by atoms with E-state index in [-0.39, 0.29) is 28.6 Å². The Morgan fingerprint density at radius 2 is 1.01 bits per heavy atom. The molecule has 4 unspecified atom stereocenters. The number of furan rings is 1. The standard InChI is InChI=1S/C84H71BN4OS/c1-52-44-53(2)78-72(45-52)89(84(6)43-20-18-41-82(78,84)4)60-50-73-79-74(51-60)87(70-29-21-28-63-61-26-13-15-30-75(61)90-80(63)70)71-49-59(88-68-37-32-56(54-22-9-7-10-23-54)46-65(68)81(3)40-17-19-42-83(81,88)5)34-36-66(71)85(79)67-47-57(55-24-11-8-12-25-55)33-38-69(67)86(73)58-35-39-77-64(48-58)62-27-14-16-31-76(62)91-77/h7-16,21-39,44-51H,17-20,40-43H2,1-6H3. The second-order valence-electron chi connectivity index (χ2n) is 28.3. The van der Waals surface area contributed by atoms with Crippen LogP contribution in [-0.4, -0.2) is 17.8 Å². The Labute approximate surface area is 537 Å². The summed E-state index contributed by atoms with van der Waals surface area (Å²) in [6.07, 6.45) is 9.31. The summed E-state index contributed by atoms with van der Waals surface area (Å²) in [6, 6.07) is 86.4. The van der Waals surface area contributed by atoms with Gasteiger partial charge in [-0.25, -0.2) is 0 Å². The van der Waals surface area contributed by atoms with E-state index in [1.165, 1.54) is 152 Å². The van der Waals surface area contributed by atoms with Gasteiger partial charge < -0.3 is 24.0 Å². The van der Waals surface area contributed by atoms with E-state index >= 15 is 0 Å². The summed E-state index contributed by atoms with van der Waals surface area (Å²) in [5.41, 5.74) is 27.8. The number of anilines is 10. The van der Waals surface area contributed by atoms with Crippen LogP contribution in [0.1, 0.15) is 101 Å². The largest absolute Gasteiger partial charge is 0.454 e. The van der Waals surface area contributed by atoms with Gasteiger partial charge in [0.15, 0.2) is 5.58 Å². The number of aryl methyl sites for hydroxylation is 2. The van der Waals surface area contributed by atoms with Gasteiger partial charge in [0.05, 0.1) is 16.8 Å². The van der Waals surface area contributed by atoms with Gasteiger partial charge in [-0.15, -0.1) is 11.3 Å². The molecule has 19 rings (SSSR count). The van der Waals surface area contributed by atoms with E-state index in [0.29, 0.717) is 0 Å². The molecule has 91 heavy (non-hydrogen) atoms. The maximum Gasteiger partial charge on any atom is 0.252 e. The minimum absolute atomic E-state index is 0.0716. The smallest absolute Gasteiger partial charge is 0.252 e. The van der Waals surface area contributed by atoms with Gasteiger partial charge in [0, 0.05) is 93.0 Å². The molecular formula is C84H71BN4OS. The summed E-state index contributed by atoms with van der Waals surface area (Å²) in [5, 5.41) is 4.83. The van der Waals surface area contributed by atoms with E-state index in [0.717, 1.165) is 59.0 Å². The summed E-state index contributed by atoms with van der Waals surface area (Å²) in [4.78, 5) is 11.0. The lowest BCUT2D eigenvalue weighted by molar-refractivity contribution is 0.194. The molecule has 2 aromatic heterocycles. The van der Waals surface area contributed by atoms with Crippen molar-refractivity contribution in [3.63, 3.8) is 0 Å². The highest BCUT2D eigenvalue weighted by atomic mass is 32.1. The Morgan fingerprint density at radius 1 is 0.396 bits per heavy atom. The quantitative estimate of drug-likeness (QED) is 0.155. The molecule has 0 bridgehead atoms. The molecule has 0 spiro atoms.